The van der Waals surface area contributed by atoms with Gasteiger partial charge in [0.05, 0.1) is 12.7 Å². The van der Waals surface area contributed by atoms with Gasteiger partial charge in [-0.25, -0.2) is 0 Å². The Hall–Kier alpha value is -1.26. The first-order valence-corrected chi connectivity index (χ1v) is 5.90. The van der Waals surface area contributed by atoms with Crippen molar-refractivity contribution < 1.29 is 14.6 Å². The molecule has 17 heavy (non-hydrogen) atoms. The molecule has 1 aromatic rings. The Morgan fingerprint density at radius 3 is 2.53 bits per heavy atom. The maximum absolute atomic E-state index is 10.3. The Bertz CT molecular complexity index is 344. The van der Waals surface area contributed by atoms with E-state index in [2.05, 4.69) is 5.32 Å². The quantitative estimate of drug-likeness (QED) is 0.836. The zero-order chi connectivity index (χ0) is 12.1. The molecule has 0 aliphatic carbocycles. The second-order valence-electron chi connectivity index (χ2n) is 4.42. The molecule has 0 aromatic heterocycles. The number of aliphatic hydroxyl groups is 1. The zero-order valence-electron chi connectivity index (χ0n) is 10.1. The highest BCUT2D eigenvalue weighted by Crippen LogP contribution is 2.22. The van der Waals surface area contributed by atoms with Gasteiger partial charge in [-0.1, -0.05) is 0 Å². The van der Waals surface area contributed by atoms with E-state index in [1.165, 1.54) is 0 Å². The highest BCUT2D eigenvalue weighted by Gasteiger charge is 2.29. The molecule has 0 amide bonds. The Morgan fingerprint density at radius 2 is 1.94 bits per heavy atom. The average molecular weight is 237 g/mol. The molecule has 1 fully saturated rings. The molecule has 1 aromatic carbocycles. The van der Waals surface area contributed by atoms with Gasteiger partial charge in [-0.05, 0) is 24.3 Å². The van der Waals surface area contributed by atoms with Crippen molar-refractivity contribution in [2.45, 2.75) is 18.4 Å². The molecule has 0 unspecified atom stereocenters. The van der Waals surface area contributed by atoms with E-state index in [1.807, 2.05) is 24.3 Å². The van der Waals surface area contributed by atoms with Crippen LogP contribution >= 0.6 is 0 Å². The van der Waals surface area contributed by atoms with Crippen LogP contribution in [-0.4, -0.2) is 37.6 Å². The van der Waals surface area contributed by atoms with Gasteiger partial charge in [-0.3, -0.25) is 0 Å². The second kappa shape index (κ2) is 5.38. The van der Waals surface area contributed by atoms with E-state index in [1.54, 1.807) is 7.11 Å². The van der Waals surface area contributed by atoms with Crippen LogP contribution in [-0.2, 0) is 4.74 Å². The summed E-state index contributed by atoms with van der Waals surface area (Å²) in [7, 11) is 1.65. The molecular formula is C13H19NO3. The molecule has 0 bridgehead atoms. The molecule has 1 aliphatic heterocycles. The summed E-state index contributed by atoms with van der Waals surface area (Å²) in [6.45, 7) is 1.84. The predicted octanol–water partition coefficient (Wildman–Crippen LogP) is 1.65. The molecule has 2 N–H and O–H groups in total. The highest BCUT2D eigenvalue weighted by molar-refractivity contribution is 5.46. The number of methoxy groups -OCH3 is 1. The SMILES string of the molecule is COc1ccc(NCC2(O)CCOCC2)cc1. The summed E-state index contributed by atoms with van der Waals surface area (Å²) in [5.41, 5.74) is 0.351. The lowest BCUT2D eigenvalue weighted by atomic mass is 9.94. The fourth-order valence-corrected chi connectivity index (χ4v) is 1.90. The van der Waals surface area contributed by atoms with E-state index in [9.17, 15) is 5.11 Å². The lowest BCUT2D eigenvalue weighted by Crippen LogP contribution is -2.42. The Kier molecular flexibility index (Phi) is 3.86. The van der Waals surface area contributed by atoms with Crippen LogP contribution in [0.3, 0.4) is 0 Å². The Labute approximate surface area is 102 Å². The predicted molar refractivity (Wildman–Crippen MR) is 66.5 cm³/mol. The molecule has 0 radical (unpaired) electrons. The molecule has 1 saturated heterocycles. The molecular weight excluding hydrogens is 218 g/mol. The van der Waals surface area contributed by atoms with Gasteiger partial charge in [0.1, 0.15) is 5.75 Å². The summed E-state index contributed by atoms with van der Waals surface area (Å²) < 4.78 is 10.3. The van der Waals surface area contributed by atoms with Crippen LogP contribution in [0.25, 0.3) is 0 Å². The number of ether oxygens (including phenoxy) is 2. The minimum atomic E-state index is -0.641. The molecule has 2 rings (SSSR count). The van der Waals surface area contributed by atoms with E-state index in [0.717, 1.165) is 11.4 Å². The van der Waals surface area contributed by atoms with Crippen molar-refractivity contribution in [3.8, 4) is 5.75 Å². The molecule has 0 atom stereocenters. The van der Waals surface area contributed by atoms with Crippen LogP contribution in [0.4, 0.5) is 5.69 Å². The number of nitrogens with one attached hydrogen (secondary N) is 1. The normalized spacial score (nSPS) is 18.7. The lowest BCUT2D eigenvalue weighted by Gasteiger charge is -2.32. The van der Waals surface area contributed by atoms with Crippen molar-refractivity contribution >= 4 is 5.69 Å². The summed E-state index contributed by atoms with van der Waals surface area (Å²) >= 11 is 0. The summed E-state index contributed by atoms with van der Waals surface area (Å²) in [5, 5.41) is 13.5. The second-order valence-corrected chi connectivity index (χ2v) is 4.42. The standard InChI is InChI=1S/C13H19NO3/c1-16-12-4-2-11(3-5-12)14-10-13(15)6-8-17-9-7-13/h2-5,14-15H,6-10H2,1H3. The number of hydrogen-bond donors (Lipinski definition) is 2. The van der Waals surface area contributed by atoms with Crippen molar-refractivity contribution in [3.63, 3.8) is 0 Å². The topological polar surface area (TPSA) is 50.7 Å². The van der Waals surface area contributed by atoms with Crippen LogP contribution < -0.4 is 10.1 Å². The summed E-state index contributed by atoms with van der Waals surface area (Å²) in [6, 6.07) is 7.69. The maximum Gasteiger partial charge on any atom is 0.119 e. The van der Waals surface area contributed by atoms with E-state index in [4.69, 9.17) is 9.47 Å². The van der Waals surface area contributed by atoms with Crippen LogP contribution in [0.5, 0.6) is 5.75 Å². The number of benzene rings is 1. The molecule has 4 heteroatoms. The number of hydrogen-bond acceptors (Lipinski definition) is 4. The smallest absolute Gasteiger partial charge is 0.119 e. The van der Waals surface area contributed by atoms with E-state index in [-0.39, 0.29) is 0 Å². The Morgan fingerprint density at radius 1 is 1.29 bits per heavy atom. The van der Waals surface area contributed by atoms with Gasteiger partial charge >= 0.3 is 0 Å². The first-order chi connectivity index (χ1) is 8.22. The monoisotopic (exact) mass is 237 g/mol. The molecule has 0 spiro atoms. The first kappa shape index (κ1) is 12.2. The van der Waals surface area contributed by atoms with Crippen molar-refractivity contribution in [1.82, 2.24) is 0 Å². The molecule has 4 nitrogen and oxygen atoms in total. The van der Waals surface area contributed by atoms with Gasteiger partial charge < -0.3 is 19.9 Å². The van der Waals surface area contributed by atoms with Gasteiger partial charge in [0.15, 0.2) is 0 Å². The molecule has 1 heterocycles. The van der Waals surface area contributed by atoms with Gasteiger partial charge in [-0.2, -0.15) is 0 Å². The maximum atomic E-state index is 10.3. The lowest BCUT2D eigenvalue weighted by molar-refractivity contribution is -0.0543. The van der Waals surface area contributed by atoms with Crippen LogP contribution in [0, 0.1) is 0 Å². The summed E-state index contributed by atoms with van der Waals surface area (Å²) in [5.74, 6) is 0.834. The minimum Gasteiger partial charge on any atom is -0.497 e. The van der Waals surface area contributed by atoms with Gasteiger partial charge in [0.2, 0.25) is 0 Å². The molecule has 1 aliphatic rings. The third-order valence-corrected chi connectivity index (χ3v) is 3.14. The summed E-state index contributed by atoms with van der Waals surface area (Å²) in [6.07, 6.45) is 1.38. The van der Waals surface area contributed by atoms with Crippen molar-refractivity contribution in [2.24, 2.45) is 0 Å². The van der Waals surface area contributed by atoms with Gasteiger partial charge in [0, 0.05) is 38.3 Å². The van der Waals surface area contributed by atoms with Crippen molar-refractivity contribution in [3.05, 3.63) is 24.3 Å². The van der Waals surface area contributed by atoms with E-state index < -0.39 is 5.60 Å². The number of rotatable bonds is 4. The van der Waals surface area contributed by atoms with E-state index >= 15 is 0 Å². The van der Waals surface area contributed by atoms with Crippen LogP contribution in [0.1, 0.15) is 12.8 Å². The fourth-order valence-electron chi connectivity index (χ4n) is 1.90. The molecule has 0 saturated carbocycles. The fraction of sp³-hybridized carbons (Fsp3) is 0.538. The summed E-state index contributed by atoms with van der Waals surface area (Å²) in [4.78, 5) is 0. The van der Waals surface area contributed by atoms with Crippen molar-refractivity contribution in [2.75, 3.05) is 32.2 Å². The minimum absolute atomic E-state index is 0.558. The Balaban J connectivity index is 1.87. The molecule has 94 valence electrons. The number of anilines is 1. The third-order valence-electron chi connectivity index (χ3n) is 3.14. The zero-order valence-corrected chi connectivity index (χ0v) is 10.1. The van der Waals surface area contributed by atoms with Gasteiger partial charge in [-0.15, -0.1) is 0 Å². The first-order valence-electron chi connectivity index (χ1n) is 5.90. The van der Waals surface area contributed by atoms with Crippen LogP contribution in [0.15, 0.2) is 24.3 Å². The third kappa shape index (κ3) is 3.35. The van der Waals surface area contributed by atoms with E-state index in [0.29, 0.717) is 32.6 Å². The largest absolute Gasteiger partial charge is 0.497 e. The van der Waals surface area contributed by atoms with Crippen molar-refractivity contribution in [1.29, 1.82) is 0 Å². The average Bonchev–Trinajstić information content (AvgIpc) is 2.38. The highest BCUT2D eigenvalue weighted by atomic mass is 16.5. The van der Waals surface area contributed by atoms with Gasteiger partial charge in [0.25, 0.3) is 0 Å². The van der Waals surface area contributed by atoms with Crippen LogP contribution in [0.2, 0.25) is 0 Å².